The van der Waals surface area contributed by atoms with Gasteiger partial charge in [0, 0.05) is 0 Å². The lowest BCUT2D eigenvalue weighted by molar-refractivity contribution is -0.120. The molecule has 0 aliphatic rings. The Balaban J connectivity index is 2.08. The number of aryl methyl sites for hydroxylation is 1. The number of nitrogens with zero attached hydrogens (tertiary/aromatic N) is 1. The minimum atomic E-state index is -3.69. The van der Waals surface area contributed by atoms with E-state index in [-0.39, 0.29) is 10.6 Å². The van der Waals surface area contributed by atoms with Crippen molar-refractivity contribution < 1.29 is 18.0 Å². The third-order valence-corrected chi connectivity index (χ3v) is 4.96. The summed E-state index contributed by atoms with van der Waals surface area (Å²) in [5.41, 5.74) is 5.69. The van der Waals surface area contributed by atoms with Crippen LogP contribution in [0.1, 0.15) is 15.9 Å². The molecule has 0 aliphatic heterocycles. The maximum absolute atomic E-state index is 12.1. The van der Waals surface area contributed by atoms with Gasteiger partial charge in [0.25, 0.3) is 11.8 Å². The number of carbonyl (C=O) groups excluding carboxylic acids is 2. The van der Waals surface area contributed by atoms with Gasteiger partial charge in [0.1, 0.15) is 6.54 Å². The quantitative estimate of drug-likeness (QED) is 0.755. The lowest BCUT2D eigenvalue weighted by Crippen LogP contribution is -2.47. The van der Waals surface area contributed by atoms with Crippen molar-refractivity contribution in [2.24, 2.45) is 0 Å². The summed E-state index contributed by atoms with van der Waals surface area (Å²) < 4.78 is 25.1. The van der Waals surface area contributed by atoms with E-state index in [1.54, 1.807) is 49.4 Å². The van der Waals surface area contributed by atoms with E-state index in [1.807, 2.05) is 0 Å². The molecule has 0 saturated carbocycles. The van der Waals surface area contributed by atoms with Crippen LogP contribution in [-0.4, -0.2) is 33.0 Å². The van der Waals surface area contributed by atoms with E-state index in [9.17, 15) is 18.0 Å². The molecular formula is C17H18ClN3O4S. The molecule has 0 radical (unpaired) electrons. The third kappa shape index (κ3) is 4.96. The first-order valence-corrected chi connectivity index (χ1v) is 9.80. The number of hydrazine groups is 1. The molecule has 0 fully saturated rings. The van der Waals surface area contributed by atoms with Gasteiger partial charge in [-0.15, -0.1) is 0 Å². The third-order valence-electron chi connectivity index (χ3n) is 3.51. The number of nitrogens with one attached hydrogen (secondary N) is 2. The Morgan fingerprint density at radius 1 is 1.04 bits per heavy atom. The van der Waals surface area contributed by atoms with Crippen LogP contribution in [0, 0.1) is 6.92 Å². The Kier molecular flexibility index (Phi) is 6.23. The highest BCUT2D eigenvalue weighted by Gasteiger charge is 2.22. The monoisotopic (exact) mass is 395 g/mol. The fourth-order valence-electron chi connectivity index (χ4n) is 2.23. The summed E-state index contributed by atoms with van der Waals surface area (Å²) in [6.07, 6.45) is 1.01. The van der Waals surface area contributed by atoms with Crippen LogP contribution < -0.4 is 15.2 Å². The molecule has 2 amide bonds. The van der Waals surface area contributed by atoms with Crippen molar-refractivity contribution in [1.29, 1.82) is 0 Å². The first-order valence-electron chi connectivity index (χ1n) is 7.57. The molecule has 26 heavy (non-hydrogen) atoms. The number of amides is 2. The number of anilines is 1. The number of hydrogen-bond acceptors (Lipinski definition) is 4. The zero-order valence-electron chi connectivity index (χ0n) is 14.2. The molecule has 2 N–H and O–H groups in total. The van der Waals surface area contributed by atoms with E-state index >= 15 is 0 Å². The lowest BCUT2D eigenvalue weighted by Gasteiger charge is -2.23. The molecule has 0 aromatic heterocycles. The Hall–Kier alpha value is -2.58. The fourth-order valence-corrected chi connectivity index (χ4v) is 3.37. The van der Waals surface area contributed by atoms with E-state index < -0.39 is 28.4 Å². The topological polar surface area (TPSA) is 95.6 Å². The highest BCUT2D eigenvalue weighted by atomic mass is 35.5. The molecule has 0 unspecified atom stereocenters. The van der Waals surface area contributed by atoms with E-state index in [2.05, 4.69) is 10.9 Å². The van der Waals surface area contributed by atoms with Crippen LogP contribution in [0.4, 0.5) is 5.69 Å². The van der Waals surface area contributed by atoms with E-state index in [0.29, 0.717) is 11.3 Å². The molecule has 7 nitrogen and oxygen atoms in total. The minimum Gasteiger partial charge on any atom is -0.271 e. The molecule has 0 aliphatic carbocycles. The van der Waals surface area contributed by atoms with Crippen LogP contribution in [0.5, 0.6) is 0 Å². The number of carbonyl (C=O) groups is 2. The van der Waals surface area contributed by atoms with Gasteiger partial charge in [-0.25, -0.2) is 8.42 Å². The average Bonchev–Trinajstić information content (AvgIpc) is 2.58. The summed E-state index contributed by atoms with van der Waals surface area (Å²) in [4.78, 5) is 24.2. The zero-order chi connectivity index (χ0) is 19.3. The molecule has 0 spiro atoms. The van der Waals surface area contributed by atoms with Crippen LogP contribution >= 0.6 is 11.6 Å². The van der Waals surface area contributed by atoms with Crippen LogP contribution in [0.3, 0.4) is 0 Å². The summed E-state index contributed by atoms with van der Waals surface area (Å²) in [5.74, 6) is -1.30. The van der Waals surface area contributed by atoms with Gasteiger partial charge < -0.3 is 0 Å². The number of halogens is 1. The largest absolute Gasteiger partial charge is 0.271 e. The molecule has 9 heteroatoms. The Labute approximate surface area is 157 Å². The second-order valence-electron chi connectivity index (χ2n) is 5.54. The van der Waals surface area contributed by atoms with Crippen LogP contribution in [0.15, 0.2) is 48.5 Å². The molecule has 2 aromatic rings. The average molecular weight is 396 g/mol. The van der Waals surface area contributed by atoms with Gasteiger partial charge in [-0.2, -0.15) is 0 Å². The van der Waals surface area contributed by atoms with Crippen LogP contribution in [-0.2, 0) is 14.8 Å². The van der Waals surface area contributed by atoms with Gasteiger partial charge in [0.15, 0.2) is 0 Å². The van der Waals surface area contributed by atoms with E-state index in [0.717, 1.165) is 10.6 Å². The summed E-state index contributed by atoms with van der Waals surface area (Å²) in [7, 11) is -3.69. The maximum Gasteiger partial charge on any atom is 0.271 e. The molecule has 2 aromatic carbocycles. The first-order chi connectivity index (χ1) is 12.2. The number of sulfonamides is 1. The van der Waals surface area contributed by atoms with Gasteiger partial charge in [0.05, 0.1) is 22.5 Å². The van der Waals surface area contributed by atoms with Crippen LogP contribution in [0.25, 0.3) is 0 Å². The summed E-state index contributed by atoms with van der Waals surface area (Å²) >= 11 is 5.91. The molecule has 2 rings (SSSR count). The Morgan fingerprint density at radius 3 is 2.27 bits per heavy atom. The maximum atomic E-state index is 12.1. The molecular weight excluding hydrogens is 378 g/mol. The Morgan fingerprint density at radius 2 is 1.65 bits per heavy atom. The lowest BCUT2D eigenvalue weighted by atomic mass is 10.2. The van der Waals surface area contributed by atoms with Gasteiger partial charge >= 0.3 is 0 Å². The van der Waals surface area contributed by atoms with Gasteiger partial charge in [-0.1, -0.05) is 41.9 Å². The molecule has 138 valence electrons. The molecule has 0 heterocycles. The second kappa shape index (κ2) is 8.20. The normalized spacial score (nSPS) is 10.9. The second-order valence-corrected chi connectivity index (χ2v) is 7.85. The van der Waals surface area contributed by atoms with E-state index in [4.69, 9.17) is 11.6 Å². The predicted octanol–water partition coefficient (Wildman–Crippen LogP) is 1.88. The van der Waals surface area contributed by atoms with Crippen molar-refractivity contribution in [3.05, 3.63) is 64.7 Å². The summed E-state index contributed by atoms with van der Waals surface area (Å²) in [6.45, 7) is 1.26. The Bertz CT molecular complexity index is 931. The van der Waals surface area contributed by atoms with Crippen LogP contribution in [0.2, 0.25) is 5.02 Å². The molecule has 0 saturated heterocycles. The van der Waals surface area contributed by atoms with Gasteiger partial charge in [-0.05, 0) is 30.7 Å². The van der Waals surface area contributed by atoms with Crippen molar-refractivity contribution in [2.45, 2.75) is 6.92 Å². The van der Waals surface area contributed by atoms with Crippen molar-refractivity contribution in [2.75, 3.05) is 17.1 Å². The molecule has 0 atom stereocenters. The van der Waals surface area contributed by atoms with Gasteiger partial charge in [-0.3, -0.25) is 24.7 Å². The fraction of sp³-hybridized carbons (Fsp3) is 0.176. The number of para-hydroxylation sites is 1. The van der Waals surface area contributed by atoms with Crippen molar-refractivity contribution in [1.82, 2.24) is 10.9 Å². The smallest absolute Gasteiger partial charge is 0.271 e. The first kappa shape index (κ1) is 19.7. The van der Waals surface area contributed by atoms with Crippen molar-refractivity contribution in [3.63, 3.8) is 0 Å². The summed E-state index contributed by atoms with van der Waals surface area (Å²) in [6, 6.07) is 13.1. The number of hydrogen-bond donors (Lipinski definition) is 2. The van der Waals surface area contributed by atoms with E-state index in [1.165, 1.54) is 6.07 Å². The SMILES string of the molecule is Cc1ccccc1N(CC(=O)NNC(=O)c1ccccc1Cl)S(C)(=O)=O. The number of benzene rings is 2. The summed E-state index contributed by atoms with van der Waals surface area (Å²) in [5, 5.41) is 0.233. The van der Waals surface area contributed by atoms with Crippen molar-refractivity contribution in [3.8, 4) is 0 Å². The predicted molar refractivity (Wildman–Crippen MR) is 100 cm³/mol. The molecule has 0 bridgehead atoms. The highest BCUT2D eigenvalue weighted by Crippen LogP contribution is 2.21. The zero-order valence-corrected chi connectivity index (χ0v) is 15.8. The minimum absolute atomic E-state index is 0.188. The standard InChI is InChI=1S/C17H18ClN3O4S/c1-12-7-3-6-10-15(12)21(26(2,24)25)11-16(22)19-20-17(23)13-8-4-5-9-14(13)18/h3-10H,11H2,1-2H3,(H,19,22)(H,20,23). The number of rotatable bonds is 5. The van der Waals surface area contributed by atoms with Gasteiger partial charge in [0.2, 0.25) is 10.0 Å². The highest BCUT2D eigenvalue weighted by molar-refractivity contribution is 7.92. The van der Waals surface area contributed by atoms with Crippen molar-refractivity contribution >= 4 is 39.1 Å².